The van der Waals surface area contributed by atoms with E-state index in [2.05, 4.69) is 15.6 Å². The molecule has 0 spiro atoms. The number of anilines is 1. The molecule has 0 saturated carbocycles. The van der Waals surface area contributed by atoms with Gasteiger partial charge < -0.3 is 19.7 Å². The Morgan fingerprint density at radius 3 is 2.44 bits per heavy atom. The summed E-state index contributed by atoms with van der Waals surface area (Å²) in [5, 5.41) is 23.0. The van der Waals surface area contributed by atoms with E-state index in [1.165, 1.54) is 0 Å². The van der Waals surface area contributed by atoms with Crippen LogP contribution in [-0.2, 0) is 24.9 Å². The summed E-state index contributed by atoms with van der Waals surface area (Å²) in [6.45, 7) is 0.553. The molecule has 4 N–H and O–H groups in total. The van der Waals surface area contributed by atoms with Gasteiger partial charge in [-0.15, -0.1) is 0 Å². The predicted molar refractivity (Wildman–Crippen MR) is 128 cm³/mol. The van der Waals surface area contributed by atoms with Crippen molar-refractivity contribution in [1.29, 1.82) is 5.41 Å². The molecule has 4 aromatic rings. The van der Waals surface area contributed by atoms with Gasteiger partial charge in [-0.3, -0.25) is 10.7 Å². The number of alkyl carbamates (subject to hydrolysis) is 1. The fourth-order valence-corrected chi connectivity index (χ4v) is 3.41. The van der Waals surface area contributed by atoms with Crippen LogP contribution in [0.3, 0.4) is 0 Å². The highest BCUT2D eigenvalue weighted by Crippen LogP contribution is 2.18. The normalized spacial score (nSPS) is 10.6. The maximum atomic E-state index is 12.0. The number of amidine groups is 1. The summed E-state index contributed by atoms with van der Waals surface area (Å²) >= 11 is 0. The second kappa shape index (κ2) is 9.86. The molecule has 0 saturated heterocycles. The fourth-order valence-electron chi connectivity index (χ4n) is 3.41. The highest BCUT2D eigenvalue weighted by Gasteiger charge is 2.12. The van der Waals surface area contributed by atoms with Crippen molar-refractivity contribution in [3.05, 3.63) is 95.3 Å². The molecule has 4 rings (SSSR count). The molecule has 9 heteroatoms. The molecule has 0 radical (unpaired) electrons. The lowest BCUT2D eigenvalue weighted by atomic mass is 10.2. The molecule has 172 valence electrons. The molecule has 34 heavy (non-hydrogen) atoms. The first-order valence-electron chi connectivity index (χ1n) is 10.5. The van der Waals surface area contributed by atoms with E-state index < -0.39 is 12.1 Å². The molecular weight excluding hydrogens is 434 g/mol. The van der Waals surface area contributed by atoms with Gasteiger partial charge >= 0.3 is 12.1 Å². The van der Waals surface area contributed by atoms with Gasteiger partial charge in [-0.1, -0.05) is 30.3 Å². The summed E-state index contributed by atoms with van der Waals surface area (Å²) in [4.78, 5) is 27.7. The number of rotatable bonds is 7. The van der Waals surface area contributed by atoms with Gasteiger partial charge in [0.05, 0.1) is 23.1 Å². The molecule has 0 atom stereocenters. The van der Waals surface area contributed by atoms with Crippen LogP contribution in [-0.4, -0.2) is 32.6 Å². The number of aromatic carboxylic acids is 1. The maximum Gasteiger partial charge on any atom is 0.413 e. The number of carbonyl (C=O) groups is 2. The average molecular weight is 457 g/mol. The first-order chi connectivity index (χ1) is 16.4. The van der Waals surface area contributed by atoms with Crippen molar-refractivity contribution in [2.45, 2.75) is 13.2 Å². The standard InChI is InChI=1S/C25H23N5O4/c1-30-21-12-9-18(24(31)32)13-20(21)28-22(30)14-27-19-10-7-17(8-11-19)23(26)29-25(33)34-15-16-5-3-2-4-6-16/h2-13,27H,14-15H2,1H3,(H,31,32)(H2,26,29,33). The number of nitrogens with one attached hydrogen (secondary N) is 3. The van der Waals surface area contributed by atoms with Gasteiger partial charge in [-0.05, 0) is 48.0 Å². The number of ether oxygens (including phenoxy) is 1. The predicted octanol–water partition coefficient (Wildman–Crippen LogP) is 4.14. The van der Waals surface area contributed by atoms with Crippen molar-refractivity contribution in [3.8, 4) is 0 Å². The van der Waals surface area contributed by atoms with Crippen molar-refractivity contribution in [2.75, 3.05) is 5.32 Å². The molecule has 9 nitrogen and oxygen atoms in total. The Hall–Kier alpha value is -4.66. The van der Waals surface area contributed by atoms with Crippen LogP contribution < -0.4 is 10.6 Å². The van der Waals surface area contributed by atoms with Gasteiger partial charge in [0.25, 0.3) is 0 Å². The molecule has 1 heterocycles. The third kappa shape index (κ3) is 5.21. The lowest BCUT2D eigenvalue weighted by Crippen LogP contribution is -2.30. The Labute approximate surface area is 195 Å². The van der Waals surface area contributed by atoms with E-state index in [4.69, 9.17) is 15.3 Å². The SMILES string of the molecule is Cn1c(CNc2ccc(C(=N)NC(=O)OCc3ccccc3)cc2)nc2cc(C(=O)O)ccc21. The summed E-state index contributed by atoms with van der Waals surface area (Å²) in [5.41, 5.74) is 3.86. The summed E-state index contributed by atoms with van der Waals surface area (Å²) in [7, 11) is 1.87. The second-order valence-electron chi connectivity index (χ2n) is 7.59. The Morgan fingerprint density at radius 1 is 1.03 bits per heavy atom. The van der Waals surface area contributed by atoms with Crippen LogP contribution in [0, 0.1) is 5.41 Å². The third-order valence-electron chi connectivity index (χ3n) is 5.28. The van der Waals surface area contributed by atoms with Crippen LogP contribution in [0.1, 0.15) is 27.3 Å². The molecular formula is C25H23N5O4. The largest absolute Gasteiger partial charge is 0.478 e. The van der Waals surface area contributed by atoms with Gasteiger partial charge in [0.15, 0.2) is 0 Å². The topological polar surface area (TPSA) is 129 Å². The summed E-state index contributed by atoms with van der Waals surface area (Å²) < 4.78 is 7.05. The number of hydrogen-bond donors (Lipinski definition) is 4. The second-order valence-corrected chi connectivity index (χ2v) is 7.59. The molecule has 0 aliphatic heterocycles. The first kappa shape index (κ1) is 22.5. The smallest absolute Gasteiger partial charge is 0.413 e. The summed E-state index contributed by atoms with van der Waals surface area (Å²) in [6.07, 6.45) is -0.691. The van der Waals surface area contributed by atoms with E-state index in [9.17, 15) is 9.59 Å². The zero-order valence-corrected chi connectivity index (χ0v) is 18.4. The molecule has 1 amide bonds. The van der Waals surface area contributed by atoms with Crippen molar-refractivity contribution in [1.82, 2.24) is 14.9 Å². The number of nitrogens with zero attached hydrogens (tertiary/aromatic N) is 2. The number of fused-ring (bicyclic) bond motifs is 1. The highest BCUT2D eigenvalue weighted by atomic mass is 16.5. The van der Waals surface area contributed by atoms with Crippen molar-refractivity contribution < 1.29 is 19.4 Å². The van der Waals surface area contributed by atoms with E-state index in [1.54, 1.807) is 42.5 Å². The van der Waals surface area contributed by atoms with Gasteiger partial charge in [0.1, 0.15) is 18.3 Å². The molecule has 0 fully saturated rings. The lowest BCUT2D eigenvalue weighted by Gasteiger charge is -2.10. The monoisotopic (exact) mass is 457 g/mol. The van der Waals surface area contributed by atoms with Gasteiger partial charge in [-0.25, -0.2) is 14.6 Å². The number of aryl methyl sites for hydroxylation is 1. The van der Waals surface area contributed by atoms with E-state index in [1.807, 2.05) is 41.9 Å². The summed E-state index contributed by atoms with van der Waals surface area (Å²) in [5.74, 6) is -0.303. The number of benzene rings is 3. The van der Waals surface area contributed by atoms with Crippen LogP contribution in [0.4, 0.5) is 10.5 Å². The zero-order valence-electron chi connectivity index (χ0n) is 18.4. The van der Waals surface area contributed by atoms with E-state index in [-0.39, 0.29) is 18.0 Å². The van der Waals surface area contributed by atoms with Crippen molar-refractivity contribution in [2.24, 2.45) is 7.05 Å². The first-order valence-corrected chi connectivity index (χ1v) is 10.5. The minimum atomic E-state index is -0.989. The van der Waals surface area contributed by atoms with Crippen LogP contribution in [0.15, 0.2) is 72.8 Å². The molecule has 0 unspecified atom stereocenters. The average Bonchev–Trinajstić information content (AvgIpc) is 3.17. The maximum absolute atomic E-state index is 12.0. The molecule has 0 bridgehead atoms. The number of imidazole rings is 1. The Morgan fingerprint density at radius 2 is 1.74 bits per heavy atom. The Kier molecular flexibility index (Phi) is 6.54. The van der Waals surface area contributed by atoms with Gasteiger partial charge in [0, 0.05) is 18.3 Å². The Balaban J connectivity index is 1.33. The number of carboxylic acid groups (broad SMARTS) is 1. The van der Waals surface area contributed by atoms with Crippen molar-refractivity contribution in [3.63, 3.8) is 0 Å². The third-order valence-corrected chi connectivity index (χ3v) is 5.28. The molecule has 0 aliphatic rings. The minimum Gasteiger partial charge on any atom is -0.478 e. The molecule has 0 aliphatic carbocycles. The lowest BCUT2D eigenvalue weighted by molar-refractivity contribution is 0.0697. The number of hydrogen-bond acceptors (Lipinski definition) is 6. The summed E-state index contributed by atoms with van der Waals surface area (Å²) in [6, 6.07) is 21.2. The van der Waals surface area contributed by atoms with Crippen LogP contribution in [0.5, 0.6) is 0 Å². The van der Waals surface area contributed by atoms with E-state index >= 15 is 0 Å². The molecule has 3 aromatic carbocycles. The van der Waals surface area contributed by atoms with E-state index in [0.717, 1.165) is 22.6 Å². The zero-order chi connectivity index (χ0) is 24.1. The number of carboxylic acids is 1. The van der Waals surface area contributed by atoms with Crippen LogP contribution in [0.25, 0.3) is 11.0 Å². The fraction of sp³-hybridized carbons (Fsp3) is 0.120. The molecule has 1 aromatic heterocycles. The highest BCUT2D eigenvalue weighted by molar-refractivity contribution is 6.04. The van der Waals surface area contributed by atoms with Crippen molar-refractivity contribution >= 4 is 34.6 Å². The number of amides is 1. The minimum absolute atomic E-state index is 0.0609. The van der Waals surface area contributed by atoms with E-state index in [0.29, 0.717) is 17.6 Å². The van der Waals surface area contributed by atoms with Gasteiger partial charge in [-0.2, -0.15) is 0 Å². The van der Waals surface area contributed by atoms with Crippen LogP contribution in [0.2, 0.25) is 0 Å². The number of carbonyl (C=O) groups excluding carboxylic acids is 1. The van der Waals surface area contributed by atoms with Crippen LogP contribution >= 0.6 is 0 Å². The quantitative estimate of drug-likeness (QED) is 0.244. The Bertz CT molecular complexity index is 1350. The van der Waals surface area contributed by atoms with Gasteiger partial charge in [0.2, 0.25) is 0 Å². The number of aromatic nitrogens is 2.